The molecule has 2 rings (SSSR count). The Morgan fingerprint density at radius 1 is 1.06 bits per heavy atom. The minimum absolute atomic E-state index is 0.136. The van der Waals surface area contributed by atoms with Crippen molar-refractivity contribution in [3.8, 4) is 0 Å². The van der Waals surface area contributed by atoms with E-state index in [1.54, 1.807) is 4.98 Å². The van der Waals surface area contributed by atoms with Gasteiger partial charge in [0.15, 0.2) is 0 Å². The Balaban J connectivity index is 2.99. The van der Waals surface area contributed by atoms with Gasteiger partial charge in [-0.1, -0.05) is 6.07 Å². The summed E-state index contributed by atoms with van der Waals surface area (Å²) >= 11 is 0. The van der Waals surface area contributed by atoms with Crippen molar-refractivity contribution in [2.24, 2.45) is 0 Å². The SMILES string of the molecule is O=c1[nH]c(=O)c2c(C(F)(F)F)cccc2[nH]1. The highest BCUT2D eigenvalue weighted by Gasteiger charge is 2.33. The van der Waals surface area contributed by atoms with Gasteiger partial charge in [0.1, 0.15) is 0 Å². The molecule has 0 aliphatic heterocycles. The average molecular weight is 230 g/mol. The Labute approximate surface area is 85.7 Å². The maximum atomic E-state index is 12.6. The minimum Gasteiger partial charge on any atom is -0.307 e. The first kappa shape index (κ1) is 10.5. The quantitative estimate of drug-likeness (QED) is 0.714. The molecule has 0 unspecified atom stereocenters. The van der Waals surface area contributed by atoms with Crippen molar-refractivity contribution in [2.75, 3.05) is 0 Å². The molecule has 7 heteroatoms. The molecule has 0 spiro atoms. The Bertz CT molecular complexity index is 654. The summed E-state index contributed by atoms with van der Waals surface area (Å²) in [5, 5.41) is -0.561. The third-order valence-electron chi connectivity index (χ3n) is 2.07. The first-order valence-electron chi connectivity index (χ1n) is 4.22. The number of alkyl halides is 3. The fourth-order valence-electron chi connectivity index (χ4n) is 1.46. The summed E-state index contributed by atoms with van der Waals surface area (Å²) in [6.45, 7) is 0. The van der Waals surface area contributed by atoms with Crippen LogP contribution in [0.25, 0.3) is 10.9 Å². The first-order valence-corrected chi connectivity index (χ1v) is 4.22. The van der Waals surface area contributed by atoms with Crippen LogP contribution in [0.4, 0.5) is 13.2 Å². The second-order valence-electron chi connectivity index (χ2n) is 3.13. The zero-order chi connectivity index (χ0) is 11.9. The van der Waals surface area contributed by atoms with Gasteiger partial charge in [-0.15, -0.1) is 0 Å². The highest BCUT2D eigenvalue weighted by Crippen LogP contribution is 2.32. The van der Waals surface area contributed by atoms with Crippen LogP contribution in [-0.4, -0.2) is 9.97 Å². The molecule has 0 bridgehead atoms. The number of aromatic nitrogens is 2. The predicted molar refractivity (Wildman–Crippen MR) is 50.2 cm³/mol. The third kappa shape index (κ3) is 1.60. The van der Waals surface area contributed by atoms with Crippen molar-refractivity contribution in [3.63, 3.8) is 0 Å². The lowest BCUT2D eigenvalue weighted by atomic mass is 10.1. The molecule has 1 heterocycles. The number of H-pyrrole nitrogens is 2. The van der Waals surface area contributed by atoms with Crippen LogP contribution in [0.3, 0.4) is 0 Å². The monoisotopic (exact) mass is 230 g/mol. The van der Waals surface area contributed by atoms with E-state index >= 15 is 0 Å². The summed E-state index contributed by atoms with van der Waals surface area (Å²) in [5.74, 6) is 0. The summed E-state index contributed by atoms with van der Waals surface area (Å²) in [7, 11) is 0. The summed E-state index contributed by atoms with van der Waals surface area (Å²) in [6.07, 6.45) is -4.63. The summed E-state index contributed by atoms with van der Waals surface area (Å²) in [4.78, 5) is 26.1. The molecular formula is C9H5F3N2O2. The van der Waals surface area contributed by atoms with Gasteiger partial charge in [0.25, 0.3) is 5.56 Å². The molecule has 4 nitrogen and oxygen atoms in total. The highest BCUT2D eigenvalue weighted by molar-refractivity contribution is 5.81. The van der Waals surface area contributed by atoms with E-state index in [1.807, 2.05) is 0 Å². The van der Waals surface area contributed by atoms with Crippen molar-refractivity contribution >= 4 is 10.9 Å². The molecule has 0 amide bonds. The molecule has 16 heavy (non-hydrogen) atoms. The number of nitrogens with one attached hydrogen (secondary N) is 2. The van der Waals surface area contributed by atoms with E-state index in [0.29, 0.717) is 0 Å². The molecule has 2 aromatic rings. The number of hydrogen-bond acceptors (Lipinski definition) is 2. The summed E-state index contributed by atoms with van der Waals surface area (Å²) in [6, 6.07) is 3.15. The van der Waals surface area contributed by atoms with Gasteiger partial charge in [0.05, 0.1) is 16.5 Å². The van der Waals surface area contributed by atoms with E-state index in [2.05, 4.69) is 4.98 Å². The highest BCUT2D eigenvalue weighted by atomic mass is 19.4. The second kappa shape index (κ2) is 3.22. The maximum absolute atomic E-state index is 12.6. The van der Waals surface area contributed by atoms with E-state index in [0.717, 1.165) is 12.1 Å². The van der Waals surface area contributed by atoms with E-state index in [4.69, 9.17) is 0 Å². The zero-order valence-corrected chi connectivity index (χ0v) is 7.68. The van der Waals surface area contributed by atoms with Crippen molar-refractivity contribution in [1.29, 1.82) is 0 Å². The van der Waals surface area contributed by atoms with Crippen molar-refractivity contribution in [3.05, 3.63) is 44.6 Å². The average Bonchev–Trinajstić information content (AvgIpc) is 2.14. The van der Waals surface area contributed by atoms with Crippen LogP contribution in [0, 0.1) is 0 Å². The Morgan fingerprint density at radius 2 is 1.75 bits per heavy atom. The normalized spacial score (nSPS) is 11.9. The molecule has 0 aliphatic carbocycles. The Hall–Kier alpha value is -2.05. The van der Waals surface area contributed by atoms with Crippen molar-refractivity contribution in [1.82, 2.24) is 9.97 Å². The molecule has 2 N–H and O–H groups in total. The van der Waals surface area contributed by atoms with Crippen LogP contribution in [0.1, 0.15) is 5.56 Å². The maximum Gasteiger partial charge on any atom is 0.417 e. The molecule has 84 valence electrons. The zero-order valence-electron chi connectivity index (χ0n) is 7.68. The second-order valence-corrected chi connectivity index (χ2v) is 3.13. The largest absolute Gasteiger partial charge is 0.417 e. The molecular weight excluding hydrogens is 225 g/mol. The number of aromatic amines is 2. The topological polar surface area (TPSA) is 65.7 Å². The van der Waals surface area contributed by atoms with Crippen molar-refractivity contribution < 1.29 is 13.2 Å². The van der Waals surface area contributed by atoms with Gasteiger partial charge in [-0.05, 0) is 12.1 Å². The lowest BCUT2D eigenvalue weighted by Gasteiger charge is -2.08. The fourth-order valence-corrected chi connectivity index (χ4v) is 1.46. The van der Waals surface area contributed by atoms with E-state index in [1.165, 1.54) is 6.07 Å². The number of benzene rings is 1. The van der Waals surface area contributed by atoms with Crippen LogP contribution in [0.15, 0.2) is 27.8 Å². The van der Waals surface area contributed by atoms with Crippen LogP contribution < -0.4 is 11.2 Å². The van der Waals surface area contributed by atoms with Gasteiger partial charge < -0.3 is 4.98 Å². The van der Waals surface area contributed by atoms with Gasteiger partial charge >= 0.3 is 11.9 Å². The Kier molecular flexibility index (Phi) is 2.11. The van der Waals surface area contributed by atoms with Gasteiger partial charge in [-0.25, -0.2) is 4.79 Å². The van der Waals surface area contributed by atoms with Crippen LogP contribution in [0.5, 0.6) is 0 Å². The van der Waals surface area contributed by atoms with Gasteiger partial charge in [0.2, 0.25) is 0 Å². The molecule has 1 aromatic heterocycles. The lowest BCUT2D eigenvalue weighted by molar-refractivity contribution is -0.136. The third-order valence-corrected chi connectivity index (χ3v) is 2.07. The minimum atomic E-state index is -4.63. The van der Waals surface area contributed by atoms with Crippen molar-refractivity contribution in [2.45, 2.75) is 6.18 Å². The van der Waals surface area contributed by atoms with Crippen LogP contribution >= 0.6 is 0 Å². The lowest BCUT2D eigenvalue weighted by Crippen LogP contribution is -2.24. The van der Waals surface area contributed by atoms with E-state index in [-0.39, 0.29) is 5.52 Å². The summed E-state index contributed by atoms with van der Waals surface area (Å²) < 4.78 is 37.7. The predicted octanol–water partition coefficient (Wildman–Crippen LogP) is 1.24. The molecule has 0 saturated carbocycles. The molecule has 1 aromatic carbocycles. The summed E-state index contributed by atoms with van der Waals surface area (Å²) in [5.41, 5.74) is -3.09. The van der Waals surface area contributed by atoms with Crippen LogP contribution in [-0.2, 0) is 6.18 Å². The molecule has 0 atom stereocenters. The fraction of sp³-hybridized carbons (Fsp3) is 0.111. The standard InChI is InChI=1S/C9H5F3N2O2/c10-9(11,12)4-2-1-3-5-6(4)7(15)14-8(16)13-5/h1-3H,(H2,13,14,15,16). The van der Waals surface area contributed by atoms with Gasteiger partial charge in [0, 0.05) is 0 Å². The number of hydrogen-bond donors (Lipinski definition) is 2. The van der Waals surface area contributed by atoms with E-state index < -0.39 is 28.4 Å². The molecule has 0 fully saturated rings. The number of halogens is 3. The van der Waals surface area contributed by atoms with E-state index in [9.17, 15) is 22.8 Å². The first-order chi connectivity index (χ1) is 7.39. The van der Waals surface area contributed by atoms with Crippen LogP contribution in [0.2, 0.25) is 0 Å². The molecule has 0 saturated heterocycles. The Morgan fingerprint density at radius 3 is 2.38 bits per heavy atom. The van der Waals surface area contributed by atoms with Gasteiger partial charge in [-0.2, -0.15) is 13.2 Å². The molecule has 0 aliphatic rings. The number of fused-ring (bicyclic) bond motifs is 1. The smallest absolute Gasteiger partial charge is 0.307 e. The molecule has 0 radical (unpaired) electrons. The van der Waals surface area contributed by atoms with Gasteiger partial charge in [-0.3, -0.25) is 9.78 Å². The number of rotatable bonds is 0.